The average Bonchev–Trinajstić information content (AvgIpc) is 3.33. The SMILES string of the molecule is Cc1ccc(/C=C2\Oc3cc(OC(=O)c4ccc5c(c4)OCO5)cc(C)c3C2=O)cc1. The van der Waals surface area contributed by atoms with Crippen LogP contribution in [-0.4, -0.2) is 18.5 Å². The molecule has 0 N–H and O–H groups in total. The molecular weight excluding hydrogens is 396 g/mol. The van der Waals surface area contributed by atoms with Crippen molar-refractivity contribution in [3.8, 4) is 23.0 Å². The zero-order valence-electron chi connectivity index (χ0n) is 16.9. The number of hydrogen-bond acceptors (Lipinski definition) is 6. The molecule has 5 rings (SSSR count). The highest BCUT2D eigenvalue weighted by molar-refractivity contribution is 6.15. The molecule has 31 heavy (non-hydrogen) atoms. The summed E-state index contributed by atoms with van der Waals surface area (Å²) in [6, 6.07) is 15.8. The number of rotatable bonds is 3. The van der Waals surface area contributed by atoms with E-state index in [9.17, 15) is 9.59 Å². The van der Waals surface area contributed by atoms with E-state index in [1.165, 1.54) is 0 Å². The van der Waals surface area contributed by atoms with Crippen molar-refractivity contribution in [3.05, 3.63) is 88.2 Å². The lowest BCUT2D eigenvalue weighted by Crippen LogP contribution is -2.08. The number of ketones is 1. The molecule has 0 aliphatic carbocycles. The van der Waals surface area contributed by atoms with E-state index in [0.717, 1.165) is 11.1 Å². The van der Waals surface area contributed by atoms with E-state index >= 15 is 0 Å². The summed E-state index contributed by atoms with van der Waals surface area (Å²) in [6.45, 7) is 3.91. The molecule has 154 valence electrons. The van der Waals surface area contributed by atoms with Crippen LogP contribution in [0.5, 0.6) is 23.0 Å². The van der Waals surface area contributed by atoms with Crippen molar-refractivity contribution < 1.29 is 28.5 Å². The van der Waals surface area contributed by atoms with Crippen LogP contribution in [0.4, 0.5) is 0 Å². The third kappa shape index (κ3) is 3.53. The van der Waals surface area contributed by atoms with Gasteiger partial charge in [-0.25, -0.2) is 4.79 Å². The third-order valence-corrected chi connectivity index (χ3v) is 5.14. The first-order valence-electron chi connectivity index (χ1n) is 9.75. The topological polar surface area (TPSA) is 71.1 Å². The Kier molecular flexibility index (Phi) is 4.47. The Bertz CT molecular complexity index is 1250. The second-order valence-electron chi connectivity index (χ2n) is 7.42. The number of ether oxygens (including phenoxy) is 4. The summed E-state index contributed by atoms with van der Waals surface area (Å²) in [5.41, 5.74) is 3.48. The predicted octanol–water partition coefficient (Wildman–Crippen LogP) is 4.87. The molecule has 0 amide bonds. The van der Waals surface area contributed by atoms with Gasteiger partial charge >= 0.3 is 5.97 Å². The number of Topliss-reactive ketones (excluding diaryl/α,β-unsaturated/α-hetero) is 1. The number of esters is 1. The van der Waals surface area contributed by atoms with E-state index in [4.69, 9.17) is 18.9 Å². The van der Waals surface area contributed by atoms with E-state index in [1.807, 2.05) is 31.2 Å². The molecule has 0 aromatic heterocycles. The van der Waals surface area contributed by atoms with Gasteiger partial charge in [-0.2, -0.15) is 0 Å². The molecule has 0 unspecified atom stereocenters. The molecule has 6 heteroatoms. The van der Waals surface area contributed by atoms with Gasteiger partial charge in [-0.1, -0.05) is 29.8 Å². The number of aryl methyl sites for hydroxylation is 2. The molecule has 0 saturated carbocycles. The number of carbonyl (C=O) groups is 2. The maximum Gasteiger partial charge on any atom is 0.343 e. The second-order valence-corrected chi connectivity index (χ2v) is 7.42. The van der Waals surface area contributed by atoms with Gasteiger partial charge in [0.1, 0.15) is 11.5 Å². The van der Waals surface area contributed by atoms with Gasteiger partial charge in [-0.05, 0) is 55.3 Å². The first-order valence-corrected chi connectivity index (χ1v) is 9.75. The van der Waals surface area contributed by atoms with Crippen molar-refractivity contribution in [2.24, 2.45) is 0 Å². The number of hydrogen-bond donors (Lipinski definition) is 0. The van der Waals surface area contributed by atoms with E-state index in [1.54, 1.807) is 43.3 Å². The van der Waals surface area contributed by atoms with Crippen LogP contribution in [0.15, 0.2) is 60.4 Å². The van der Waals surface area contributed by atoms with Crippen molar-refractivity contribution in [1.29, 1.82) is 0 Å². The highest BCUT2D eigenvalue weighted by Gasteiger charge is 2.30. The van der Waals surface area contributed by atoms with Crippen LogP contribution in [0, 0.1) is 13.8 Å². The van der Waals surface area contributed by atoms with Gasteiger partial charge in [0.2, 0.25) is 12.6 Å². The summed E-state index contributed by atoms with van der Waals surface area (Å²) in [5.74, 6) is 1.25. The summed E-state index contributed by atoms with van der Waals surface area (Å²) in [4.78, 5) is 25.4. The van der Waals surface area contributed by atoms with Crippen molar-refractivity contribution in [3.63, 3.8) is 0 Å². The molecule has 2 aliphatic heterocycles. The van der Waals surface area contributed by atoms with Crippen LogP contribution in [-0.2, 0) is 0 Å². The highest BCUT2D eigenvalue weighted by atomic mass is 16.7. The smallest absolute Gasteiger partial charge is 0.343 e. The van der Waals surface area contributed by atoms with Gasteiger partial charge in [0.25, 0.3) is 0 Å². The first-order chi connectivity index (χ1) is 15.0. The fourth-order valence-corrected chi connectivity index (χ4v) is 3.54. The standard InChI is InChI=1S/C25H18O6/c1-14-3-5-16(6-4-14)10-22-24(26)23-15(2)9-18(12-21(23)31-22)30-25(27)17-7-8-19-20(11-17)29-13-28-19/h3-12H,13H2,1-2H3/b22-10-. The number of carbonyl (C=O) groups excluding carboxylic acids is 2. The lowest BCUT2D eigenvalue weighted by molar-refractivity contribution is 0.0734. The normalized spacial score (nSPS) is 15.0. The third-order valence-electron chi connectivity index (χ3n) is 5.14. The molecule has 2 heterocycles. The van der Waals surface area contributed by atoms with Gasteiger partial charge in [-0.15, -0.1) is 0 Å². The highest BCUT2D eigenvalue weighted by Crippen LogP contribution is 2.38. The Labute approximate surface area is 178 Å². The van der Waals surface area contributed by atoms with E-state index < -0.39 is 5.97 Å². The van der Waals surface area contributed by atoms with E-state index in [-0.39, 0.29) is 18.3 Å². The van der Waals surface area contributed by atoms with E-state index in [0.29, 0.717) is 39.7 Å². The molecular formula is C25H18O6. The van der Waals surface area contributed by atoms with Crippen molar-refractivity contribution in [2.45, 2.75) is 13.8 Å². The zero-order chi connectivity index (χ0) is 21.5. The van der Waals surface area contributed by atoms with Crippen molar-refractivity contribution >= 4 is 17.8 Å². The molecule has 3 aromatic carbocycles. The molecule has 0 atom stereocenters. The van der Waals surface area contributed by atoms with Gasteiger partial charge in [0.05, 0.1) is 11.1 Å². The van der Waals surface area contributed by atoms with Crippen LogP contribution < -0.4 is 18.9 Å². The summed E-state index contributed by atoms with van der Waals surface area (Å²) < 4.78 is 21.9. The van der Waals surface area contributed by atoms with Crippen molar-refractivity contribution in [2.75, 3.05) is 6.79 Å². The summed E-state index contributed by atoms with van der Waals surface area (Å²) >= 11 is 0. The van der Waals surface area contributed by atoms with Gasteiger partial charge in [0.15, 0.2) is 17.3 Å². The molecule has 0 bridgehead atoms. The van der Waals surface area contributed by atoms with Crippen LogP contribution in [0.2, 0.25) is 0 Å². The summed E-state index contributed by atoms with van der Waals surface area (Å²) in [6.07, 6.45) is 1.71. The van der Waals surface area contributed by atoms with Gasteiger partial charge in [0, 0.05) is 6.07 Å². The fraction of sp³-hybridized carbons (Fsp3) is 0.120. The van der Waals surface area contributed by atoms with Crippen LogP contribution in [0.3, 0.4) is 0 Å². The van der Waals surface area contributed by atoms with Crippen LogP contribution in [0.25, 0.3) is 6.08 Å². The predicted molar refractivity (Wildman–Crippen MR) is 113 cm³/mol. The van der Waals surface area contributed by atoms with Gasteiger partial charge in [-0.3, -0.25) is 4.79 Å². The Morgan fingerprint density at radius 2 is 1.71 bits per heavy atom. The maximum atomic E-state index is 12.8. The largest absolute Gasteiger partial charge is 0.454 e. The monoisotopic (exact) mass is 414 g/mol. The second kappa shape index (κ2) is 7.32. The minimum absolute atomic E-state index is 0.127. The summed E-state index contributed by atoms with van der Waals surface area (Å²) in [7, 11) is 0. The van der Waals surface area contributed by atoms with Crippen LogP contribution >= 0.6 is 0 Å². The number of fused-ring (bicyclic) bond motifs is 2. The Morgan fingerprint density at radius 1 is 0.935 bits per heavy atom. The average molecular weight is 414 g/mol. The molecule has 0 saturated heterocycles. The summed E-state index contributed by atoms with van der Waals surface area (Å²) in [5, 5.41) is 0. The molecule has 6 nitrogen and oxygen atoms in total. The van der Waals surface area contributed by atoms with Crippen molar-refractivity contribution in [1.82, 2.24) is 0 Å². The Hall–Kier alpha value is -4.06. The Morgan fingerprint density at radius 3 is 2.52 bits per heavy atom. The first kappa shape index (κ1) is 18.9. The lowest BCUT2D eigenvalue weighted by Gasteiger charge is -2.08. The number of benzene rings is 3. The number of allylic oxidation sites excluding steroid dienone is 1. The maximum absolute atomic E-state index is 12.8. The molecule has 0 spiro atoms. The fourth-order valence-electron chi connectivity index (χ4n) is 3.54. The van der Waals surface area contributed by atoms with E-state index in [2.05, 4.69) is 0 Å². The molecule has 2 aliphatic rings. The lowest BCUT2D eigenvalue weighted by atomic mass is 10.0. The van der Waals surface area contributed by atoms with Crippen LogP contribution in [0.1, 0.15) is 37.4 Å². The Balaban J connectivity index is 1.39. The molecule has 0 radical (unpaired) electrons. The van der Waals surface area contributed by atoms with Gasteiger partial charge < -0.3 is 18.9 Å². The minimum Gasteiger partial charge on any atom is -0.454 e. The molecule has 3 aromatic rings. The zero-order valence-corrected chi connectivity index (χ0v) is 16.9. The quantitative estimate of drug-likeness (QED) is 0.346. The molecule has 0 fully saturated rings. The minimum atomic E-state index is -0.544.